The average molecular weight is 185 g/mol. The van der Waals surface area contributed by atoms with Gasteiger partial charge in [0.05, 0.1) is 0 Å². The maximum Gasteiger partial charge on any atom is 1.00 e. The Morgan fingerprint density at radius 2 is 1.33 bits per heavy atom. The number of hydrogen-bond donors (Lipinski definition) is 0. The van der Waals surface area contributed by atoms with Crippen molar-refractivity contribution in [3.63, 3.8) is 0 Å². The van der Waals surface area contributed by atoms with Gasteiger partial charge in [0.2, 0.25) is 0 Å². The molecule has 3 nitrogen and oxygen atoms in total. The Labute approximate surface area is 55.0 Å². The zero-order chi connectivity index (χ0) is 7.00. The van der Waals surface area contributed by atoms with E-state index in [9.17, 15) is 13.2 Å². The van der Waals surface area contributed by atoms with Crippen molar-refractivity contribution in [1.82, 2.24) is 0 Å². The van der Waals surface area contributed by atoms with Gasteiger partial charge in [0.15, 0.2) is 10.1 Å². The van der Waals surface area contributed by atoms with Crippen molar-refractivity contribution in [1.29, 1.82) is 0 Å². The molecular weight excluding hydrogens is 185 g/mol. The van der Waals surface area contributed by atoms with Crippen molar-refractivity contribution < 1.29 is 38.5 Å². The molecule has 0 saturated carbocycles. The molecule has 0 amide bonds. The quantitative estimate of drug-likeness (QED) is 0.395. The van der Waals surface area contributed by atoms with Crippen LogP contribution >= 0.6 is 0 Å². The van der Waals surface area contributed by atoms with Crippen molar-refractivity contribution >= 4 is 10.1 Å². The fraction of sp³-hybridized carbons (Fsp3) is 1.00. The summed E-state index contributed by atoms with van der Waals surface area (Å²) in [5.41, 5.74) is -5.65. The third-order valence-corrected chi connectivity index (χ3v) is 0.850. The first-order chi connectivity index (χ1) is 3.25. The van der Waals surface area contributed by atoms with Crippen LogP contribution in [0.5, 0.6) is 0 Å². The van der Waals surface area contributed by atoms with E-state index in [1.165, 1.54) is 0 Å². The van der Waals surface area contributed by atoms with Crippen LogP contribution in [0.1, 0.15) is 0 Å². The average Bonchev–Trinajstić information content (AvgIpc) is 1.25. The highest BCUT2D eigenvalue weighted by Gasteiger charge is 2.36. The molecule has 56 valence electrons. The van der Waals surface area contributed by atoms with Gasteiger partial charge in [0.1, 0.15) is 0 Å². The molecule has 0 aromatic carbocycles. The first kappa shape index (κ1) is 11.7. The highest BCUT2D eigenvalue weighted by atomic mass is 35.5. The van der Waals surface area contributed by atoms with Gasteiger partial charge in [-0.1, -0.05) is 0 Å². The predicted octanol–water partition coefficient (Wildman–Crippen LogP) is 0.0514. The lowest BCUT2D eigenvalue weighted by molar-refractivity contribution is -0.0517. The van der Waals surface area contributed by atoms with Gasteiger partial charge in [-0.25, -0.2) is 8.42 Å². The lowest BCUT2D eigenvalue weighted by Gasteiger charge is -2.08. The van der Waals surface area contributed by atoms with Crippen molar-refractivity contribution in [3.05, 3.63) is 0 Å². The van der Waals surface area contributed by atoms with Gasteiger partial charge in [-0.3, -0.25) is 0 Å². The highest BCUT2D eigenvalue weighted by Crippen LogP contribution is 2.20. The minimum atomic E-state index is -6.09. The first-order valence-electron chi connectivity index (χ1n) is 1.27. The third-order valence-electron chi connectivity index (χ3n) is 0.283. The molecule has 0 fully saturated rings. The van der Waals surface area contributed by atoms with E-state index >= 15 is 0 Å². The van der Waals surface area contributed by atoms with Crippen LogP contribution in [0.3, 0.4) is 0 Å². The summed E-state index contributed by atoms with van der Waals surface area (Å²) in [5, 5.41) is 0. The van der Waals surface area contributed by atoms with Gasteiger partial charge in [-0.2, -0.15) is 13.2 Å². The van der Waals surface area contributed by atoms with Crippen LogP contribution in [0.25, 0.3) is 0 Å². The monoisotopic (exact) mass is 184 g/mol. The number of rotatable bonds is 0. The number of alkyl halides is 3. The van der Waals surface area contributed by atoms with Crippen molar-refractivity contribution in [3.8, 4) is 0 Å². The lowest BCUT2D eigenvalue weighted by atomic mass is 11.6. The van der Waals surface area contributed by atoms with E-state index in [-0.39, 0.29) is 12.4 Å². The maximum absolute atomic E-state index is 10.7. The molecule has 8 heteroatoms. The number of hydrogen-bond acceptors (Lipinski definition) is 3. The molecule has 0 bridgehead atoms. The van der Waals surface area contributed by atoms with E-state index < -0.39 is 15.6 Å². The Bertz CT molecular complexity index is 168. The second-order valence-corrected chi connectivity index (χ2v) is 2.27. The standard InChI is InChI=1S/CHF3O3S.Cl/c2-1(3,4)8(5,6)7;/h(H,5,6,7);/q;+1/p-1. The summed E-state index contributed by atoms with van der Waals surface area (Å²) in [4.78, 5) is 0. The van der Waals surface area contributed by atoms with Crippen molar-refractivity contribution in [2.45, 2.75) is 5.51 Å². The van der Waals surface area contributed by atoms with Gasteiger partial charge in [0.25, 0.3) is 0 Å². The van der Waals surface area contributed by atoms with Crippen LogP contribution in [0, 0.1) is 12.4 Å². The summed E-state index contributed by atoms with van der Waals surface area (Å²) >= 11 is 0. The molecule has 0 rings (SSSR count). The second-order valence-electron chi connectivity index (χ2n) is 0.900. The van der Waals surface area contributed by atoms with E-state index in [2.05, 4.69) is 0 Å². The van der Waals surface area contributed by atoms with E-state index in [1.54, 1.807) is 0 Å². The van der Waals surface area contributed by atoms with Gasteiger partial charge in [-0.05, 0) is 0 Å². The summed E-state index contributed by atoms with van der Waals surface area (Å²) in [6, 6.07) is 0. The Balaban J connectivity index is 0. The van der Waals surface area contributed by atoms with Gasteiger partial charge >= 0.3 is 17.9 Å². The van der Waals surface area contributed by atoms with Crippen LogP contribution in [-0.2, 0) is 10.1 Å². The molecule has 0 spiro atoms. The van der Waals surface area contributed by atoms with Crippen molar-refractivity contribution in [2.24, 2.45) is 0 Å². The number of halogens is 4. The summed E-state index contributed by atoms with van der Waals surface area (Å²) in [6.07, 6.45) is 0. The predicted molar refractivity (Wildman–Crippen MR) is 15.8 cm³/mol. The van der Waals surface area contributed by atoms with Gasteiger partial charge in [-0.15, -0.1) is 0 Å². The van der Waals surface area contributed by atoms with E-state index in [0.29, 0.717) is 0 Å². The summed E-state index contributed by atoms with van der Waals surface area (Å²) in [7, 11) is -6.09. The van der Waals surface area contributed by atoms with Crippen molar-refractivity contribution in [2.75, 3.05) is 0 Å². The lowest BCUT2D eigenvalue weighted by Crippen LogP contribution is -2.21. The molecule has 0 saturated heterocycles. The Morgan fingerprint density at radius 1 is 1.22 bits per heavy atom. The molecule has 0 aromatic heterocycles. The Kier molecular flexibility index (Phi) is 3.54. The Morgan fingerprint density at radius 3 is 1.33 bits per heavy atom. The van der Waals surface area contributed by atoms with Crippen LogP contribution in [-0.4, -0.2) is 18.5 Å². The first-order valence-corrected chi connectivity index (χ1v) is 2.68. The largest absolute Gasteiger partial charge is 1.00 e. The fourth-order valence-electron chi connectivity index (χ4n) is 0. The zero-order valence-electron chi connectivity index (χ0n) is 3.64. The molecule has 0 unspecified atom stereocenters. The Hall–Kier alpha value is -0.0100. The second kappa shape index (κ2) is 2.72. The topological polar surface area (TPSA) is 57.2 Å². The maximum atomic E-state index is 10.7. The van der Waals surface area contributed by atoms with Gasteiger partial charge < -0.3 is 4.55 Å². The molecule has 0 N–H and O–H groups in total. The summed E-state index contributed by atoms with van der Waals surface area (Å²) < 4.78 is 58.9. The smallest absolute Gasteiger partial charge is 0.741 e. The molecule has 9 heavy (non-hydrogen) atoms. The third kappa shape index (κ3) is 3.55. The van der Waals surface area contributed by atoms with Crippen LogP contribution in [0.2, 0.25) is 0 Å². The van der Waals surface area contributed by atoms with E-state index in [4.69, 9.17) is 13.0 Å². The molecule has 0 atom stereocenters. The molecule has 2 radical (unpaired) electrons. The minimum absolute atomic E-state index is 0. The highest BCUT2D eigenvalue weighted by molar-refractivity contribution is 7.86. The van der Waals surface area contributed by atoms with Gasteiger partial charge in [0, 0.05) is 0 Å². The SMILES string of the molecule is O=S(=O)([O-])C(F)(F)F.[Cl+]. The minimum Gasteiger partial charge on any atom is -0.741 e. The van der Waals surface area contributed by atoms with E-state index in [1.807, 2.05) is 0 Å². The van der Waals surface area contributed by atoms with Crippen LogP contribution < -0.4 is 0 Å². The van der Waals surface area contributed by atoms with Crippen LogP contribution in [0.15, 0.2) is 0 Å². The molecule has 0 aliphatic rings. The normalized spacial score (nSPS) is 12.4. The summed E-state index contributed by atoms with van der Waals surface area (Å²) in [6.45, 7) is 0. The molecule has 0 heterocycles. The fourth-order valence-corrected chi connectivity index (χ4v) is 0. The molecular formula is CClF3O3S. The zero-order valence-corrected chi connectivity index (χ0v) is 5.22. The van der Waals surface area contributed by atoms with Crippen LogP contribution in [0.4, 0.5) is 13.2 Å². The summed E-state index contributed by atoms with van der Waals surface area (Å²) in [5.74, 6) is 0. The molecule has 0 aliphatic heterocycles. The molecule has 0 aliphatic carbocycles. The molecule has 0 aromatic rings. The van der Waals surface area contributed by atoms with E-state index in [0.717, 1.165) is 0 Å².